The predicted molar refractivity (Wildman–Crippen MR) is 61.0 cm³/mol. The van der Waals surface area contributed by atoms with Gasteiger partial charge in [-0.3, -0.25) is 9.78 Å². The molecule has 0 aliphatic heterocycles. The van der Waals surface area contributed by atoms with E-state index in [9.17, 15) is 4.79 Å². The highest BCUT2D eigenvalue weighted by atomic mass is 16.4. The van der Waals surface area contributed by atoms with Crippen molar-refractivity contribution in [1.29, 1.82) is 0 Å². The molecular formula is C13H17NO2. The molecular weight excluding hydrogens is 202 g/mol. The normalized spacial score (nSPS) is 25.2. The van der Waals surface area contributed by atoms with Crippen molar-refractivity contribution >= 4 is 5.97 Å². The number of rotatable bonds is 3. The van der Waals surface area contributed by atoms with Gasteiger partial charge >= 0.3 is 5.97 Å². The van der Waals surface area contributed by atoms with E-state index in [0.29, 0.717) is 5.92 Å². The topological polar surface area (TPSA) is 50.2 Å². The van der Waals surface area contributed by atoms with Crippen molar-refractivity contribution in [1.82, 2.24) is 4.98 Å². The number of carboxylic acids is 1. The van der Waals surface area contributed by atoms with E-state index in [-0.39, 0.29) is 5.92 Å². The Morgan fingerprint density at radius 2 is 1.88 bits per heavy atom. The first kappa shape index (κ1) is 11.1. The van der Waals surface area contributed by atoms with Crippen molar-refractivity contribution in [2.24, 2.45) is 11.8 Å². The number of carbonyl (C=O) groups is 1. The number of aliphatic carboxylic acids is 1. The van der Waals surface area contributed by atoms with Crippen LogP contribution in [-0.4, -0.2) is 16.1 Å². The summed E-state index contributed by atoms with van der Waals surface area (Å²) in [6, 6.07) is 4.09. The van der Waals surface area contributed by atoms with Crippen LogP contribution in [0.4, 0.5) is 0 Å². The summed E-state index contributed by atoms with van der Waals surface area (Å²) in [4.78, 5) is 14.8. The number of hydrogen-bond donors (Lipinski definition) is 1. The molecule has 1 aliphatic carbocycles. The molecule has 1 aromatic heterocycles. The van der Waals surface area contributed by atoms with E-state index >= 15 is 0 Å². The molecule has 0 radical (unpaired) electrons. The SMILES string of the molecule is O=C(O)C1CCC(Cc2ccncc2)CC1. The van der Waals surface area contributed by atoms with Crippen LogP contribution in [0, 0.1) is 11.8 Å². The van der Waals surface area contributed by atoms with Gasteiger partial charge in [0, 0.05) is 12.4 Å². The molecule has 0 saturated heterocycles. The van der Waals surface area contributed by atoms with Crippen LogP contribution < -0.4 is 0 Å². The first-order valence-electron chi connectivity index (χ1n) is 5.87. The summed E-state index contributed by atoms with van der Waals surface area (Å²) in [6.07, 6.45) is 8.46. The van der Waals surface area contributed by atoms with Crippen molar-refractivity contribution in [3.63, 3.8) is 0 Å². The first-order chi connectivity index (χ1) is 7.75. The van der Waals surface area contributed by atoms with Gasteiger partial charge in [0.25, 0.3) is 0 Å². The lowest BCUT2D eigenvalue weighted by molar-refractivity contribution is -0.143. The molecule has 3 heteroatoms. The van der Waals surface area contributed by atoms with Gasteiger partial charge in [0.1, 0.15) is 0 Å². The minimum Gasteiger partial charge on any atom is -0.481 e. The van der Waals surface area contributed by atoms with Crippen LogP contribution in [0.25, 0.3) is 0 Å². The molecule has 0 bridgehead atoms. The molecule has 0 unspecified atom stereocenters. The van der Waals surface area contributed by atoms with Crippen LogP contribution in [0.1, 0.15) is 31.2 Å². The van der Waals surface area contributed by atoms with E-state index in [0.717, 1.165) is 32.1 Å². The van der Waals surface area contributed by atoms with E-state index in [1.807, 2.05) is 24.5 Å². The van der Waals surface area contributed by atoms with Crippen LogP contribution in [0.5, 0.6) is 0 Å². The Hall–Kier alpha value is -1.38. The van der Waals surface area contributed by atoms with E-state index in [2.05, 4.69) is 4.98 Å². The number of nitrogens with zero attached hydrogens (tertiary/aromatic N) is 1. The minimum atomic E-state index is -0.623. The Labute approximate surface area is 95.5 Å². The fraction of sp³-hybridized carbons (Fsp3) is 0.538. The summed E-state index contributed by atoms with van der Waals surface area (Å²) in [5.41, 5.74) is 1.31. The zero-order valence-electron chi connectivity index (χ0n) is 9.30. The molecule has 0 amide bonds. The fourth-order valence-corrected chi connectivity index (χ4v) is 2.47. The number of hydrogen-bond acceptors (Lipinski definition) is 2. The maximum Gasteiger partial charge on any atom is 0.306 e. The smallest absolute Gasteiger partial charge is 0.306 e. The maximum atomic E-state index is 10.8. The number of aromatic nitrogens is 1. The Balaban J connectivity index is 1.84. The highest BCUT2D eigenvalue weighted by Gasteiger charge is 2.25. The summed E-state index contributed by atoms with van der Waals surface area (Å²) < 4.78 is 0. The summed E-state index contributed by atoms with van der Waals surface area (Å²) in [6.45, 7) is 0. The predicted octanol–water partition coefficient (Wildman–Crippen LogP) is 2.52. The molecule has 1 aromatic rings. The summed E-state index contributed by atoms with van der Waals surface area (Å²) in [5, 5.41) is 8.91. The van der Waals surface area contributed by atoms with Crippen LogP contribution in [-0.2, 0) is 11.2 Å². The van der Waals surface area contributed by atoms with E-state index in [4.69, 9.17) is 5.11 Å². The first-order valence-corrected chi connectivity index (χ1v) is 5.87. The second-order valence-electron chi connectivity index (χ2n) is 4.62. The maximum absolute atomic E-state index is 10.8. The van der Waals surface area contributed by atoms with Gasteiger partial charge in [-0.1, -0.05) is 0 Å². The Morgan fingerprint density at radius 3 is 2.44 bits per heavy atom. The monoisotopic (exact) mass is 219 g/mol. The highest BCUT2D eigenvalue weighted by molar-refractivity contribution is 5.69. The summed E-state index contributed by atoms with van der Waals surface area (Å²) in [7, 11) is 0. The Morgan fingerprint density at radius 1 is 1.25 bits per heavy atom. The van der Waals surface area contributed by atoms with Crippen molar-refractivity contribution in [2.45, 2.75) is 32.1 Å². The van der Waals surface area contributed by atoms with Crippen LogP contribution in [0.3, 0.4) is 0 Å². The zero-order valence-corrected chi connectivity index (χ0v) is 9.30. The third kappa shape index (κ3) is 2.81. The van der Waals surface area contributed by atoms with Gasteiger partial charge in [0.15, 0.2) is 0 Å². The molecule has 1 N–H and O–H groups in total. The number of pyridine rings is 1. The summed E-state index contributed by atoms with van der Waals surface area (Å²) in [5.74, 6) is -0.0750. The summed E-state index contributed by atoms with van der Waals surface area (Å²) >= 11 is 0. The van der Waals surface area contributed by atoms with Gasteiger partial charge in [0.2, 0.25) is 0 Å². The van der Waals surface area contributed by atoms with Gasteiger partial charge in [0.05, 0.1) is 5.92 Å². The fourth-order valence-electron chi connectivity index (χ4n) is 2.47. The van der Waals surface area contributed by atoms with Gasteiger partial charge in [-0.25, -0.2) is 0 Å². The average Bonchev–Trinajstić information content (AvgIpc) is 2.31. The molecule has 1 saturated carbocycles. The molecule has 3 nitrogen and oxygen atoms in total. The Bertz CT molecular complexity index is 342. The molecule has 86 valence electrons. The van der Waals surface area contributed by atoms with Gasteiger partial charge in [-0.05, 0) is 55.7 Å². The largest absolute Gasteiger partial charge is 0.481 e. The van der Waals surface area contributed by atoms with Gasteiger partial charge in [-0.2, -0.15) is 0 Å². The lowest BCUT2D eigenvalue weighted by Gasteiger charge is -2.25. The standard InChI is InChI=1S/C13H17NO2/c15-13(16)12-3-1-10(2-4-12)9-11-5-7-14-8-6-11/h5-8,10,12H,1-4,9H2,(H,15,16). The van der Waals surface area contributed by atoms with Crippen LogP contribution in [0.15, 0.2) is 24.5 Å². The molecule has 2 rings (SSSR count). The third-order valence-electron chi connectivity index (χ3n) is 3.47. The molecule has 1 fully saturated rings. The van der Waals surface area contributed by atoms with Crippen LogP contribution >= 0.6 is 0 Å². The van der Waals surface area contributed by atoms with Crippen molar-refractivity contribution in [2.75, 3.05) is 0 Å². The molecule has 1 aliphatic rings. The van der Waals surface area contributed by atoms with E-state index in [1.165, 1.54) is 5.56 Å². The van der Waals surface area contributed by atoms with Gasteiger partial charge in [-0.15, -0.1) is 0 Å². The van der Waals surface area contributed by atoms with Crippen molar-refractivity contribution in [3.8, 4) is 0 Å². The lowest BCUT2D eigenvalue weighted by atomic mass is 9.79. The lowest BCUT2D eigenvalue weighted by Crippen LogP contribution is -2.22. The molecule has 0 spiro atoms. The molecule has 1 heterocycles. The van der Waals surface area contributed by atoms with E-state index in [1.54, 1.807) is 0 Å². The van der Waals surface area contributed by atoms with Gasteiger partial charge < -0.3 is 5.11 Å². The zero-order chi connectivity index (χ0) is 11.4. The second-order valence-corrected chi connectivity index (χ2v) is 4.62. The molecule has 0 aromatic carbocycles. The third-order valence-corrected chi connectivity index (χ3v) is 3.47. The molecule has 0 atom stereocenters. The van der Waals surface area contributed by atoms with Crippen molar-refractivity contribution < 1.29 is 9.90 Å². The second kappa shape index (κ2) is 5.10. The quantitative estimate of drug-likeness (QED) is 0.849. The molecule has 16 heavy (non-hydrogen) atoms. The van der Waals surface area contributed by atoms with Crippen molar-refractivity contribution in [3.05, 3.63) is 30.1 Å². The highest BCUT2D eigenvalue weighted by Crippen LogP contribution is 2.30. The average molecular weight is 219 g/mol. The minimum absolute atomic E-state index is 0.103. The Kier molecular flexibility index (Phi) is 3.54. The van der Waals surface area contributed by atoms with E-state index < -0.39 is 5.97 Å². The number of carboxylic acid groups (broad SMARTS) is 1. The van der Waals surface area contributed by atoms with Crippen LogP contribution in [0.2, 0.25) is 0 Å².